The molecule has 1 N–H and O–H groups in total. The van der Waals surface area contributed by atoms with Crippen LogP contribution in [0, 0.1) is 13.8 Å². The van der Waals surface area contributed by atoms with Crippen molar-refractivity contribution in [3.05, 3.63) is 60.0 Å². The average Bonchev–Trinajstić information content (AvgIpc) is 2.99. The number of carbonyl (C=O) groups excluding carboxylic acids is 1. The van der Waals surface area contributed by atoms with Crippen LogP contribution < -0.4 is 14.8 Å². The summed E-state index contributed by atoms with van der Waals surface area (Å²) in [5.74, 6) is 1.53. The van der Waals surface area contributed by atoms with E-state index in [0.717, 1.165) is 11.4 Å². The Kier molecular flexibility index (Phi) is 5.71. The molecule has 0 atom stereocenters. The molecular weight excluding hydrogens is 344 g/mol. The van der Waals surface area contributed by atoms with Crippen LogP contribution in [0.1, 0.15) is 17.8 Å². The average molecular weight is 366 g/mol. The Hall–Kier alpha value is -3.35. The summed E-state index contributed by atoms with van der Waals surface area (Å²) in [6, 6.07) is 12.8. The lowest BCUT2D eigenvalue weighted by Crippen LogP contribution is -2.15. The lowest BCUT2D eigenvalue weighted by Gasteiger charge is -2.10. The quantitative estimate of drug-likeness (QED) is 0.689. The molecule has 0 aliphatic rings. The minimum Gasteiger partial charge on any atom is -0.493 e. The van der Waals surface area contributed by atoms with Crippen molar-refractivity contribution in [1.29, 1.82) is 0 Å². The maximum atomic E-state index is 12.1. The minimum atomic E-state index is -0.0947. The van der Waals surface area contributed by atoms with Crippen molar-refractivity contribution in [2.45, 2.75) is 26.8 Å². The Morgan fingerprint density at radius 3 is 2.56 bits per heavy atom. The Balaban J connectivity index is 1.55. The molecule has 1 aromatic carbocycles. The molecule has 27 heavy (non-hydrogen) atoms. The van der Waals surface area contributed by atoms with Gasteiger partial charge in [0.15, 0.2) is 11.5 Å². The number of ether oxygens (including phenoxy) is 2. The summed E-state index contributed by atoms with van der Waals surface area (Å²) < 4.78 is 12.8. The second-order valence-corrected chi connectivity index (χ2v) is 6.09. The highest BCUT2D eigenvalue weighted by atomic mass is 16.5. The van der Waals surface area contributed by atoms with E-state index in [2.05, 4.69) is 15.4 Å². The number of hydrogen-bond donors (Lipinski definition) is 1. The molecule has 0 unspecified atom stereocenters. The van der Waals surface area contributed by atoms with E-state index < -0.39 is 0 Å². The van der Waals surface area contributed by atoms with Crippen molar-refractivity contribution >= 4 is 11.6 Å². The highest BCUT2D eigenvalue weighted by molar-refractivity contribution is 5.90. The number of aromatic nitrogens is 3. The van der Waals surface area contributed by atoms with Gasteiger partial charge in [-0.3, -0.25) is 9.48 Å². The number of aryl methyl sites for hydroxylation is 3. The van der Waals surface area contributed by atoms with Gasteiger partial charge in [0.2, 0.25) is 11.8 Å². The second-order valence-electron chi connectivity index (χ2n) is 6.09. The normalized spacial score (nSPS) is 10.5. The third kappa shape index (κ3) is 4.84. The molecule has 2 heterocycles. The lowest BCUT2D eigenvalue weighted by molar-refractivity contribution is -0.116. The Bertz CT molecular complexity index is 919. The molecule has 0 bridgehead atoms. The zero-order chi connectivity index (χ0) is 19.2. The fourth-order valence-electron chi connectivity index (χ4n) is 2.66. The van der Waals surface area contributed by atoms with E-state index >= 15 is 0 Å². The standard InChI is InChI=1S/C20H22N4O3/c1-14-12-15(2)24(23-14)11-10-19(25)22-16-8-9-20(21-13-16)27-18-7-5-4-6-17(18)26-3/h4-9,12-13H,10-11H2,1-3H3,(H,22,25). The first-order valence-electron chi connectivity index (χ1n) is 8.63. The van der Waals surface area contributed by atoms with Gasteiger partial charge in [-0.1, -0.05) is 12.1 Å². The van der Waals surface area contributed by atoms with Gasteiger partial charge < -0.3 is 14.8 Å². The van der Waals surface area contributed by atoms with E-state index in [1.54, 1.807) is 31.5 Å². The Morgan fingerprint density at radius 1 is 1.15 bits per heavy atom. The maximum Gasteiger partial charge on any atom is 0.226 e. The van der Waals surface area contributed by atoms with Crippen LogP contribution in [-0.4, -0.2) is 27.8 Å². The molecule has 2 aromatic heterocycles. The molecule has 0 fully saturated rings. The second kappa shape index (κ2) is 8.35. The van der Waals surface area contributed by atoms with Crippen molar-refractivity contribution in [3.8, 4) is 17.4 Å². The van der Waals surface area contributed by atoms with Crippen LogP contribution in [0.25, 0.3) is 0 Å². The molecule has 0 aliphatic carbocycles. The molecule has 140 valence electrons. The number of anilines is 1. The number of rotatable bonds is 7. The van der Waals surface area contributed by atoms with Gasteiger partial charge in [0.25, 0.3) is 0 Å². The predicted molar refractivity (Wildman–Crippen MR) is 102 cm³/mol. The SMILES string of the molecule is COc1ccccc1Oc1ccc(NC(=O)CCn2nc(C)cc2C)cn1. The van der Waals surface area contributed by atoms with Crippen molar-refractivity contribution in [1.82, 2.24) is 14.8 Å². The fraction of sp³-hybridized carbons (Fsp3) is 0.250. The number of amides is 1. The number of carbonyl (C=O) groups is 1. The van der Waals surface area contributed by atoms with Crippen LogP contribution in [0.15, 0.2) is 48.7 Å². The van der Waals surface area contributed by atoms with E-state index in [1.807, 2.05) is 42.8 Å². The molecule has 7 nitrogen and oxygen atoms in total. The number of hydrogen-bond acceptors (Lipinski definition) is 5. The van der Waals surface area contributed by atoms with Crippen LogP contribution in [0.2, 0.25) is 0 Å². The molecule has 3 aromatic rings. The lowest BCUT2D eigenvalue weighted by atomic mass is 10.3. The summed E-state index contributed by atoms with van der Waals surface area (Å²) in [6.07, 6.45) is 1.90. The van der Waals surface area contributed by atoms with Gasteiger partial charge in [-0.25, -0.2) is 4.98 Å². The third-order valence-electron chi connectivity index (χ3n) is 3.96. The molecule has 0 saturated heterocycles. The zero-order valence-corrected chi connectivity index (χ0v) is 15.6. The first-order valence-corrected chi connectivity index (χ1v) is 8.63. The number of para-hydroxylation sites is 2. The predicted octanol–water partition coefficient (Wildman–Crippen LogP) is 3.72. The summed E-state index contributed by atoms with van der Waals surface area (Å²) in [5, 5.41) is 7.18. The number of nitrogens with zero attached hydrogens (tertiary/aromatic N) is 3. The van der Waals surface area contributed by atoms with E-state index in [9.17, 15) is 4.79 Å². The molecule has 1 amide bonds. The van der Waals surface area contributed by atoms with Gasteiger partial charge in [0, 0.05) is 24.7 Å². The molecule has 7 heteroatoms. The molecule has 0 spiro atoms. The number of methoxy groups -OCH3 is 1. The summed E-state index contributed by atoms with van der Waals surface area (Å²) in [4.78, 5) is 16.4. The Labute approximate surface area is 158 Å². The minimum absolute atomic E-state index is 0.0947. The monoisotopic (exact) mass is 366 g/mol. The first kappa shape index (κ1) is 18.4. The summed E-state index contributed by atoms with van der Waals surface area (Å²) in [7, 11) is 1.58. The van der Waals surface area contributed by atoms with Crippen LogP contribution in [-0.2, 0) is 11.3 Å². The smallest absolute Gasteiger partial charge is 0.226 e. The first-order chi connectivity index (χ1) is 13.0. The van der Waals surface area contributed by atoms with Crippen LogP contribution in [0.4, 0.5) is 5.69 Å². The zero-order valence-electron chi connectivity index (χ0n) is 15.6. The summed E-state index contributed by atoms with van der Waals surface area (Å²) in [5.41, 5.74) is 2.60. The van der Waals surface area contributed by atoms with Gasteiger partial charge in [-0.2, -0.15) is 5.10 Å². The van der Waals surface area contributed by atoms with Gasteiger partial charge in [0.1, 0.15) is 0 Å². The number of benzene rings is 1. The van der Waals surface area contributed by atoms with Crippen molar-refractivity contribution in [2.24, 2.45) is 0 Å². The van der Waals surface area contributed by atoms with E-state index in [4.69, 9.17) is 9.47 Å². The molecular formula is C20H22N4O3. The number of pyridine rings is 1. The summed E-state index contributed by atoms with van der Waals surface area (Å²) >= 11 is 0. The van der Waals surface area contributed by atoms with Crippen LogP contribution in [0.5, 0.6) is 17.4 Å². The topological polar surface area (TPSA) is 78.3 Å². The maximum absolute atomic E-state index is 12.1. The van der Waals surface area contributed by atoms with E-state index in [-0.39, 0.29) is 5.91 Å². The molecule has 0 radical (unpaired) electrons. The highest BCUT2D eigenvalue weighted by Crippen LogP contribution is 2.30. The van der Waals surface area contributed by atoms with Crippen molar-refractivity contribution in [2.75, 3.05) is 12.4 Å². The number of nitrogens with one attached hydrogen (secondary N) is 1. The van der Waals surface area contributed by atoms with Gasteiger partial charge in [-0.15, -0.1) is 0 Å². The van der Waals surface area contributed by atoms with E-state index in [1.165, 1.54) is 0 Å². The van der Waals surface area contributed by atoms with Crippen LogP contribution >= 0.6 is 0 Å². The highest BCUT2D eigenvalue weighted by Gasteiger charge is 2.08. The largest absolute Gasteiger partial charge is 0.493 e. The summed E-state index contributed by atoms with van der Waals surface area (Å²) in [6.45, 7) is 4.44. The van der Waals surface area contributed by atoms with Crippen molar-refractivity contribution in [3.63, 3.8) is 0 Å². The van der Waals surface area contributed by atoms with Crippen LogP contribution in [0.3, 0.4) is 0 Å². The van der Waals surface area contributed by atoms with Gasteiger partial charge in [-0.05, 0) is 38.1 Å². The molecule has 0 aliphatic heterocycles. The molecule has 3 rings (SSSR count). The van der Waals surface area contributed by atoms with Crippen molar-refractivity contribution < 1.29 is 14.3 Å². The fourth-order valence-corrected chi connectivity index (χ4v) is 2.66. The molecule has 0 saturated carbocycles. The third-order valence-corrected chi connectivity index (χ3v) is 3.96. The van der Waals surface area contributed by atoms with Gasteiger partial charge in [0.05, 0.1) is 24.7 Å². The van der Waals surface area contributed by atoms with E-state index in [0.29, 0.717) is 36.0 Å². The van der Waals surface area contributed by atoms with Gasteiger partial charge >= 0.3 is 0 Å². The Morgan fingerprint density at radius 2 is 1.93 bits per heavy atom.